The van der Waals surface area contributed by atoms with Crippen LogP contribution in [0.15, 0.2) is 34.2 Å². The van der Waals surface area contributed by atoms with Crippen molar-refractivity contribution in [2.75, 3.05) is 0 Å². The van der Waals surface area contributed by atoms with Crippen LogP contribution in [0.3, 0.4) is 0 Å². The molecule has 2 rings (SSSR count). The number of aromatic nitrogens is 2. The number of nitrogens with one attached hydrogen (secondary N) is 1. The van der Waals surface area contributed by atoms with Crippen LogP contribution in [0.25, 0.3) is 10.9 Å². The Hall–Kier alpha value is -2.33. The molecular weight excluding hydrogens is 372 g/mol. The van der Waals surface area contributed by atoms with E-state index in [4.69, 9.17) is 0 Å². The lowest BCUT2D eigenvalue weighted by Crippen LogP contribution is -2.51. The molecule has 1 aromatic carbocycles. The SMILES string of the molecule is CC(C)Cn1c(S[C@@H](C)C(=O)N[C@@](C)(C#N)C(C)C)nc2ccccc2c1=O. The summed E-state index contributed by atoms with van der Waals surface area (Å²) in [7, 11) is 0. The second kappa shape index (κ2) is 8.78. The molecule has 6 nitrogen and oxygen atoms in total. The molecule has 7 heteroatoms. The van der Waals surface area contributed by atoms with E-state index in [0.29, 0.717) is 22.6 Å². The number of nitriles is 1. The first-order valence-corrected chi connectivity index (χ1v) is 10.4. The van der Waals surface area contributed by atoms with Crippen molar-refractivity contribution in [3.63, 3.8) is 0 Å². The minimum absolute atomic E-state index is 0.0310. The van der Waals surface area contributed by atoms with Crippen LogP contribution >= 0.6 is 11.8 Å². The van der Waals surface area contributed by atoms with Gasteiger partial charge in [-0.3, -0.25) is 14.2 Å². The number of carbonyl (C=O) groups excluding carboxylic acids is 1. The van der Waals surface area contributed by atoms with Crippen LogP contribution < -0.4 is 10.9 Å². The molecule has 0 saturated carbocycles. The lowest BCUT2D eigenvalue weighted by Gasteiger charge is -2.28. The van der Waals surface area contributed by atoms with Crippen LogP contribution in [0.4, 0.5) is 0 Å². The third kappa shape index (κ3) is 4.74. The molecule has 0 fully saturated rings. The molecular formula is C21H28N4O2S. The normalized spacial score (nSPS) is 14.7. The number of benzene rings is 1. The van der Waals surface area contributed by atoms with Crippen molar-refractivity contribution in [1.82, 2.24) is 14.9 Å². The number of amides is 1. The molecule has 0 unspecified atom stereocenters. The van der Waals surface area contributed by atoms with E-state index in [1.54, 1.807) is 30.5 Å². The van der Waals surface area contributed by atoms with Crippen molar-refractivity contribution in [3.8, 4) is 6.07 Å². The van der Waals surface area contributed by atoms with Crippen molar-refractivity contribution in [2.24, 2.45) is 11.8 Å². The molecule has 0 spiro atoms. The van der Waals surface area contributed by atoms with E-state index in [9.17, 15) is 14.9 Å². The molecule has 2 atom stereocenters. The second-order valence-electron chi connectivity index (χ2n) is 7.94. The highest BCUT2D eigenvalue weighted by atomic mass is 32.2. The predicted molar refractivity (Wildman–Crippen MR) is 113 cm³/mol. The van der Waals surface area contributed by atoms with Gasteiger partial charge in [-0.15, -0.1) is 0 Å². The maximum absolute atomic E-state index is 13.0. The average Bonchev–Trinajstić information content (AvgIpc) is 2.64. The van der Waals surface area contributed by atoms with Gasteiger partial charge < -0.3 is 5.32 Å². The molecule has 0 aliphatic carbocycles. The highest BCUT2D eigenvalue weighted by molar-refractivity contribution is 8.00. The number of para-hydroxylation sites is 1. The summed E-state index contributed by atoms with van der Waals surface area (Å²) in [4.78, 5) is 30.3. The summed E-state index contributed by atoms with van der Waals surface area (Å²) in [6.45, 7) is 11.9. The van der Waals surface area contributed by atoms with Crippen molar-refractivity contribution in [2.45, 2.75) is 64.0 Å². The summed E-state index contributed by atoms with van der Waals surface area (Å²) < 4.78 is 1.65. The largest absolute Gasteiger partial charge is 0.337 e. The van der Waals surface area contributed by atoms with Crippen molar-refractivity contribution in [1.29, 1.82) is 5.26 Å². The lowest BCUT2D eigenvalue weighted by atomic mass is 9.90. The Morgan fingerprint density at radius 2 is 1.93 bits per heavy atom. The van der Waals surface area contributed by atoms with Gasteiger partial charge in [0.05, 0.1) is 22.2 Å². The summed E-state index contributed by atoms with van der Waals surface area (Å²) in [5.74, 6) is -0.0233. The zero-order valence-electron chi connectivity index (χ0n) is 17.3. The van der Waals surface area contributed by atoms with Crippen LogP contribution in [0.2, 0.25) is 0 Å². The fourth-order valence-electron chi connectivity index (χ4n) is 2.63. The Morgan fingerprint density at radius 1 is 1.29 bits per heavy atom. The topological polar surface area (TPSA) is 87.8 Å². The van der Waals surface area contributed by atoms with Gasteiger partial charge in [0, 0.05) is 6.54 Å². The first-order valence-electron chi connectivity index (χ1n) is 9.48. The van der Waals surface area contributed by atoms with E-state index in [1.807, 2.05) is 39.8 Å². The average molecular weight is 401 g/mol. The van der Waals surface area contributed by atoms with Gasteiger partial charge in [-0.05, 0) is 37.8 Å². The Morgan fingerprint density at radius 3 is 2.50 bits per heavy atom. The molecule has 2 aromatic rings. The standard InChI is InChI=1S/C21H28N4O2S/c1-13(2)11-25-19(27)16-9-7-8-10-17(16)23-20(25)28-15(5)18(26)24-21(6,12-22)14(3)4/h7-10,13-15H,11H2,1-6H3,(H,24,26)/t15-,21-/m0/s1. The number of fused-ring (bicyclic) bond motifs is 1. The number of rotatable bonds is 7. The number of hydrogen-bond acceptors (Lipinski definition) is 5. The number of hydrogen-bond donors (Lipinski definition) is 1. The highest BCUT2D eigenvalue weighted by Crippen LogP contribution is 2.25. The molecule has 1 N–H and O–H groups in total. The fraction of sp³-hybridized carbons (Fsp3) is 0.524. The van der Waals surface area contributed by atoms with E-state index < -0.39 is 10.8 Å². The number of carbonyl (C=O) groups is 1. The number of nitrogens with zero attached hydrogens (tertiary/aromatic N) is 3. The summed E-state index contributed by atoms with van der Waals surface area (Å²) in [5.41, 5.74) is -0.426. The zero-order valence-corrected chi connectivity index (χ0v) is 18.1. The summed E-state index contributed by atoms with van der Waals surface area (Å²) >= 11 is 1.24. The lowest BCUT2D eigenvalue weighted by molar-refractivity contribution is -0.121. The zero-order chi connectivity index (χ0) is 21.1. The molecule has 0 saturated heterocycles. The van der Waals surface area contributed by atoms with E-state index in [0.717, 1.165) is 0 Å². The highest BCUT2D eigenvalue weighted by Gasteiger charge is 2.32. The molecule has 28 heavy (non-hydrogen) atoms. The van der Waals surface area contributed by atoms with Crippen LogP contribution in [0.1, 0.15) is 41.5 Å². The van der Waals surface area contributed by atoms with Gasteiger partial charge in [-0.25, -0.2) is 4.98 Å². The predicted octanol–water partition coefficient (Wildman–Crippen LogP) is 3.59. The Labute approximate surface area is 170 Å². The third-order valence-corrected chi connectivity index (χ3v) is 5.89. The second-order valence-corrected chi connectivity index (χ2v) is 9.25. The summed E-state index contributed by atoms with van der Waals surface area (Å²) in [6, 6.07) is 9.42. The van der Waals surface area contributed by atoms with Gasteiger partial charge in [-0.1, -0.05) is 51.6 Å². The molecule has 150 valence electrons. The summed E-state index contributed by atoms with van der Waals surface area (Å²) in [5, 5.41) is 12.9. The minimum Gasteiger partial charge on any atom is -0.337 e. The maximum Gasteiger partial charge on any atom is 0.262 e. The first kappa shape index (κ1) is 22.0. The molecule has 0 aliphatic heterocycles. The third-order valence-electron chi connectivity index (χ3n) is 4.80. The Balaban J connectivity index is 2.38. The molecule has 1 amide bonds. The van der Waals surface area contributed by atoms with Gasteiger partial charge in [0.1, 0.15) is 5.54 Å². The molecule has 1 aromatic heterocycles. The molecule has 1 heterocycles. The number of thioether (sulfide) groups is 1. The molecule has 0 radical (unpaired) electrons. The van der Waals surface area contributed by atoms with Gasteiger partial charge >= 0.3 is 0 Å². The summed E-state index contributed by atoms with van der Waals surface area (Å²) in [6.07, 6.45) is 0. The van der Waals surface area contributed by atoms with Crippen molar-refractivity contribution in [3.05, 3.63) is 34.6 Å². The van der Waals surface area contributed by atoms with Gasteiger partial charge in [0.2, 0.25) is 5.91 Å². The monoisotopic (exact) mass is 400 g/mol. The van der Waals surface area contributed by atoms with E-state index in [2.05, 4.69) is 16.4 Å². The fourth-order valence-corrected chi connectivity index (χ4v) is 3.55. The van der Waals surface area contributed by atoms with Crippen LogP contribution in [-0.2, 0) is 11.3 Å². The quantitative estimate of drug-likeness (QED) is 0.567. The van der Waals surface area contributed by atoms with Crippen molar-refractivity contribution < 1.29 is 4.79 Å². The van der Waals surface area contributed by atoms with Gasteiger partial charge in [-0.2, -0.15) is 5.26 Å². The van der Waals surface area contributed by atoms with Crippen molar-refractivity contribution >= 4 is 28.6 Å². The van der Waals surface area contributed by atoms with E-state index in [-0.39, 0.29) is 23.3 Å². The van der Waals surface area contributed by atoms with Gasteiger partial charge in [0.15, 0.2) is 5.16 Å². The maximum atomic E-state index is 13.0. The van der Waals surface area contributed by atoms with Crippen LogP contribution in [0, 0.1) is 23.2 Å². The van der Waals surface area contributed by atoms with Crippen LogP contribution in [0.5, 0.6) is 0 Å². The molecule has 0 aliphatic rings. The smallest absolute Gasteiger partial charge is 0.262 e. The van der Waals surface area contributed by atoms with Gasteiger partial charge in [0.25, 0.3) is 5.56 Å². The first-order chi connectivity index (χ1) is 13.1. The Bertz CT molecular complexity index is 961. The van der Waals surface area contributed by atoms with Crippen LogP contribution in [-0.4, -0.2) is 26.2 Å². The minimum atomic E-state index is -0.944. The Kier molecular flexibility index (Phi) is 6.89. The van der Waals surface area contributed by atoms with E-state index in [1.165, 1.54) is 11.8 Å². The van der Waals surface area contributed by atoms with E-state index >= 15 is 0 Å². The molecule has 0 bridgehead atoms.